The molecular formula is C20H27Cl2NO. The summed E-state index contributed by atoms with van der Waals surface area (Å²) in [6.45, 7) is 4.84. The molecule has 0 radical (unpaired) electrons. The molecule has 24 heavy (non-hydrogen) atoms. The fourth-order valence-electron chi connectivity index (χ4n) is 5.60. The maximum absolute atomic E-state index is 6.38. The Morgan fingerprint density at radius 1 is 1.04 bits per heavy atom. The van der Waals surface area contributed by atoms with Crippen molar-refractivity contribution in [3.05, 3.63) is 27.7 Å². The van der Waals surface area contributed by atoms with Gasteiger partial charge >= 0.3 is 0 Å². The highest BCUT2D eigenvalue weighted by atomic mass is 35.5. The van der Waals surface area contributed by atoms with E-state index in [4.69, 9.17) is 27.9 Å². The van der Waals surface area contributed by atoms with Gasteiger partial charge in [0.15, 0.2) is 0 Å². The van der Waals surface area contributed by atoms with Gasteiger partial charge in [0.25, 0.3) is 0 Å². The molecule has 0 unspecified atom stereocenters. The molecule has 4 bridgehead atoms. The molecule has 0 amide bonds. The summed E-state index contributed by atoms with van der Waals surface area (Å²) in [5.41, 5.74) is 1.08. The maximum Gasteiger partial charge on any atom is 0.142 e. The van der Waals surface area contributed by atoms with Crippen LogP contribution in [0.5, 0.6) is 5.75 Å². The summed E-state index contributed by atoms with van der Waals surface area (Å²) in [6.07, 6.45) is 7.30. The molecule has 4 aliphatic rings. The van der Waals surface area contributed by atoms with Crippen LogP contribution in [-0.2, 0) is 6.54 Å². The largest absolute Gasteiger partial charge is 0.489 e. The smallest absolute Gasteiger partial charge is 0.142 e. The minimum absolute atomic E-state index is 0.101. The second-order valence-corrected chi connectivity index (χ2v) is 9.22. The van der Waals surface area contributed by atoms with E-state index in [1.54, 1.807) is 6.07 Å². The molecule has 0 atom stereocenters. The SMILES string of the molecule is CC(C)Oc1c(Cl)cc(Cl)cc1CNC1C2CC3CC(C2)CC1C3. The summed E-state index contributed by atoms with van der Waals surface area (Å²) in [4.78, 5) is 0. The van der Waals surface area contributed by atoms with Gasteiger partial charge in [0, 0.05) is 23.2 Å². The summed E-state index contributed by atoms with van der Waals surface area (Å²) >= 11 is 12.6. The maximum atomic E-state index is 6.38. The van der Waals surface area contributed by atoms with Crippen molar-refractivity contribution < 1.29 is 4.74 Å². The van der Waals surface area contributed by atoms with E-state index < -0.39 is 0 Å². The molecule has 0 aliphatic heterocycles. The molecule has 0 spiro atoms. The van der Waals surface area contributed by atoms with Crippen molar-refractivity contribution in [2.24, 2.45) is 23.7 Å². The molecule has 0 aromatic heterocycles. The standard InChI is InChI=1S/C20H27Cl2NO/c1-11(2)24-20-16(8-17(21)9-18(20)22)10-23-19-14-4-12-3-13(6-14)7-15(19)5-12/h8-9,11-15,19,23H,3-7,10H2,1-2H3. The van der Waals surface area contributed by atoms with Crippen LogP contribution in [0.15, 0.2) is 12.1 Å². The average Bonchev–Trinajstić information content (AvgIpc) is 2.48. The van der Waals surface area contributed by atoms with E-state index >= 15 is 0 Å². The first-order chi connectivity index (χ1) is 11.5. The molecule has 4 heteroatoms. The predicted molar refractivity (Wildman–Crippen MR) is 99.9 cm³/mol. The van der Waals surface area contributed by atoms with Crippen LogP contribution in [0, 0.1) is 23.7 Å². The van der Waals surface area contributed by atoms with Crippen LogP contribution in [0.3, 0.4) is 0 Å². The van der Waals surface area contributed by atoms with Crippen LogP contribution in [0.25, 0.3) is 0 Å². The Balaban J connectivity index is 1.49. The first-order valence-electron chi connectivity index (χ1n) is 9.37. The minimum Gasteiger partial charge on any atom is -0.489 e. The number of hydrogen-bond acceptors (Lipinski definition) is 2. The lowest BCUT2D eigenvalue weighted by Crippen LogP contribution is -2.54. The lowest BCUT2D eigenvalue weighted by atomic mass is 9.54. The normalized spacial score (nSPS) is 34.1. The van der Waals surface area contributed by atoms with Gasteiger partial charge in [-0.15, -0.1) is 0 Å². The Morgan fingerprint density at radius 2 is 1.67 bits per heavy atom. The second-order valence-electron chi connectivity index (χ2n) is 8.38. The van der Waals surface area contributed by atoms with Crippen LogP contribution >= 0.6 is 23.2 Å². The molecule has 0 saturated heterocycles. The molecule has 4 fully saturated rings. The molecule has 132 valence electrons. The van der Waals surface area contributed by atoms with E-state index in [9.17, 15) is 0 Å². The Morgan fingerprint density at radius 3 is 2.25 bits per heavy atom. The number of rotatable bonds is 5. The lowest BCUT2D eigenvalue weighted by Gasteiger charge is -2.54. The molecule has 1 N–H and O–H groups in total. The van der Waals surface area contributed by atoms with Crippen molar-refractivity contribution in [3.63, 3.8) is 0 Å². The van der Waals surface area contributed by atoms with Crippen LogP contribution in [0.1, 0.15) is 51.5 Å². The van der Waals surface area contributed by atoms with Crippen molar-refractivity contribution in [3.8, 4) is 5.75 Å². The molecule has 1 aromatic rings. The van der Waals surface area contributed by atoms with E-state index in [0.717, 1.165) is 41.5 Å². The van der Waals surface area contributed by atoms with Gasteiger partial charge in [-0.25, -0.2) is 0 Å². The molecule has 2 nitrogen and oxygen atoms in total. The van der Waals surface area contributed by atoms with E-state index in [1.165, 1.54) is 32.1 Å². The Hall–Kier alpha value is -0.440. The zero-order valence-corrected chi connectivity index (χ0v) is 16.0. The third-order valence-electron chi connectivity index (χ3n) is 6.19. The van der Waals surface area contributed by atoms with E-state index in [-0.39, 0.29) is 6.10 Å². The lowest BCUT2D eigenvalue weighted by molar-refractivity contribution is -0.0143. The summed E-state index contributed by atoms with van der Waals surface area (Å²) in [6, 6.07) is 4.42. The van der Waals surface area contributed by atoms with Crippen LogP contribution in [0.2, 0.25) is 10.0 Å². The highest BCUT2D eigenvalue weighted by Gasteiger charge is 2.47. The van der Waals surface area contributed by atoms with E-state index in [1.807, 2.05) is 19.9 Å². The summed E-state index contributed by atoms with van der Waals surface area (Å²) < 4.78 is 5.96. The quantitative estimate of drug-likeness (QED) is 0.720. The fourth-order valence-corrected chi connectivity index (χ4v) is 6.18. The Bertz CT molecular complexity index is 588. The topological polar surface area (TPSA) is 21.3 Å². The first-order valence-corrected chi connectivity index (χ1v) is 10.1. The van der Waals surface area contributed by atoms with Crippen molar-refractivity contribution in [1.82, 2.24) is 5.32 Å². The van der Waals surface area contributed by atoms with Crippen molar-refractivity contribution in [1.29, 1.82) is 0 Å². The first kappa shape index (κ1) is 17.0. The number of benzene rings is 1. The van der Waals surface area contributed by atoms with Gasteiger partial charge in [0.1, 0.15) is 5.75 Å². The highest BCUT2D eigenvalue weighted by Crippen LogP contribution is 2.53. The number of ether oxygens (including phenoxy) is 1. The van der Waals surface area contributed by atoms with Crippen molar-refractivity contribution in [2.45, 2.75) is 64.6 Å². The zero-order valence-electron chi connectivity index (χ0n) is 14.5. The second kappa shape index (κ2) is 6.70. The van der Waals surface area contributed by atoms with E-state index in [2.05, 4.69) is 5.32 Å². The molecule has 5 rings (SSSR count). The molecular weight excluding hydrogens is 341 g/mol. The van der Waals surface area contributed by atoms with Crippen molar-refractivity contribution >= 4 is 23.2 Å². The number of nitrogens with one attached hydrogen (secondary N) is 1. The Kier molecular flexibility index (Phi) is 4.75. The van der Waals surface area contributed by atoms with Gasteiger partial charge in [-0.05, 0) is 81.8 Å². The number of hydrogen-bond donors (Lipinski definition) is 1. The predicted octanol–water partition coefficient (Wildman–Crippen LogP) is 5.69. The van der Waals surface area contributed by atoms with Gasteiger partial charge < -0.3 is 10.1 Å². The highest BCUT2D eigenvalue weighted by molar-refractivity contribution is 6.35. The zero-order chi connectivity index (χ0) is 16.8. The van der Waals surface area contributed by atoms with Crippen LogP contribution in [-0.4, -0.2) is 12.1 Å². The monoisotopic (exact) mass is 367 g/mol. The van der Waals surface area contributed by atoms with E-state index in [0.29, 0.717) is 16.1 Å². The molecule has 4 saturated carbocycles. The summed E-state index contributed by atoms with van der Waals surface area (Å²) in [7, 11) is 0. The molecule has 1 aromatic carbocycles. The van der Waals surface area contributed by atoms with Gasteiger partial charge in [-0.1, -0.05) is 23.2 Å². The molecule has 0 heterocycles. The summed E-state index contributed by atoms with van der Waals surface area (Å²) in [5.74, 6) is 4.53. The van der Waals surface area contributed by atoms with Crippen LogP contribution in [0.4, 0.5) is 0 Å². The molecule has 4 aliphatic carbocycles. The number of halogens is 2. The van der Waals surface area contributed by atoms with Gasteiger partial charge in [0.05, 0.1) is 11.1 Å². The third kappa shape index (κ3) is 3.30. The average molecular weight is 368 g/mol. The minimum atomic E-state index is 0.101. The summed E-state index contributed by atoms with van der Waals surface area (Å²) in [5, 5.41) is 5.14. The fraction of sp³-hybridized carbons (Fsp3) is 0.700. The third-order valence-corrected chi connectivity index (χ3v) is 6.69. The van der Waals surface area contributed by atoms with Gasteiger partial charge in [-0.2, -0.15) is 0 Å². The Labute approximate surface area is 155 Å². The van der Waals surface area contributed by atoms with Gasteiger partial charge in [0.2, 0.25) is 0 Å². The van der Waals surface area contributed by atoms with Gasteiger partial charge in [-0.3, -0.25) is 0 Å². The van der Waals surface area contributed by atoms with Crippen molar-refractivity contribution in [2.75, 3.05) is 0 Å². The van der Waals surface area contributed by atoms with Crippen LogP contribution < -0.4 is 10.1 Å².